The number of oxime groups is 1. The van der Waals surface area contributed by atoms with E-state index in [1.807, 2.05) is 0 Å². The summed E-state index contributed by atoms with van der Waals surface area (Å²) in [6, 6.07) is 5.17. The second-order valence-corrected chi connectivity index (χ2v) is 5.15. The largest absolute Gasteiger partial charge is 0.480 e. The van der Waals surface area contributed by atoms with Crippen molar-refractivity contribution in [3.63, 3.8) is 0 Å². The zero-order valence-electron chi connectivity index (χ0n) is 12.2. The molecule has 122 valence electrons. The van der Waals surface area contributed by atoms with Gasteiger partial charge in [-0.25, -0.2) is 0 Å². The average Bonchev–Trinajstić information content (AvgIpc) is 2.53. The highest BCUT2D eigenvalue weighted by Crippen LogP contribution is 2.16. The minimum Gasteiger partial charge on any atom is -0.480 e. The molecule has 1 heterocycles. The Morgan fingerprint density at radius 2 is 2.09 bits per heavy atom. The van der Waals surface area contributed by atoms with E-state index < -0.39 is 12.0 Å². The first-order valence-corrected chi connectivity index (χ1v) is 6.91. The number of hydrogen-bond donors (Lipinski definition) is 4. The van der Waals surface area contributed by atoms with Crippen LogP contribution >= 0.6 is 0 Å². The molecule has 2 rings (SSSR count). The molecule has 2 aromatic rings. The first kappa shape index (κ1) is 16.5. The smallest absolute Gasteiger partial charge is 0.320 e. The summed E-state index contributed by atoms with van der Waals surface area (Å²) >= 11 is 0. The van der Waals surface area contributed by atoms with Crippen LogP contribution in [0, 0.1) is 0 Å². The van der Waals surface area contributed by atoms with Crippen LogP contribution in [0.5, 0.6) is 0 Å². The monoisotopic (exact) mass is 319 g/mol. The van der Waals surface area contributed by atoms with Crippen LogP contribution in [0.3, 0.4) is 0 Å². The summed E-state index contributed by atoms with van der Waals surface area (Å²) in [5.74, 6) is -0.634. The molecule has 23 heavy (non-hydrogen) atoms. The number of amidine groups is 1. The Hall–Kier alpha value is -2.87. The maximum atomic E-state index is 12.2. The van der Waals surface area contributed by atoms with Gasteiger partial charge in [0.1, 0.15) is 23.2 Å². The molecule has 0 aliphatic heterocycles. The van der Waals surface area contributed by atoms with Gasteiger partial charge in [0.15, 0.2) is 5.43 Å². The molecular formula is C15H17N3O5. The number of aryl methyl sites for hydroxylation is 1. The Morgan fingerprint density at radius 3 is 2.74 bits per heavy atom. The molecule has 0 amide bonds. The maximum Gasteiger partial charge on any atom is 0.320 e. The number of benzene rings is 1. The standard InChI is InChI=1S/C15H17N3O5/c16-11(15(20)21)6-8-1-3-13-10(5-8)12(19)7-9(23-13)2-4-14(17)18-22/h1,3,5,7,11,22H,2,4,6,16H2,(H2,17,18)(H,20,21). The molecule has 1 aromatic carbocycles. The van der Waals surface area contributed by atoms with E-state index in [9.17, 15) is 9.59 Å². The second kappa shape index (κ2) is 6.93. The van der Waals surface area contributed by atoms with Crippen LogP contribution in [0.25, 0.3) is 11.0 Å². The third kappa shape index (κ3) is 4.07. The van der Waals surface area contributed by atoms with E-state index in [0.29, 0.717) is 28.7 Å². The van der Waals surface area contributed by atoms with Gasteiger partial charge in [-0.3, -0.25) is 9.59 Å². The minimum atomic E-state index is -1.10. The van der Waals surface area contributed by atoms with Crippen molar-refractivity contribution in [3.8, 4) is 0 Å². The Labute approximate surface area is 131 Å². The molecule has 0 bridgehead atoms. The van der Waals surface area contributed by atoms with Gasteiger partial charge in [-0.15, -0.1) is 0 Å². The number of aliphatic carboxylic acids is 1. The van der Waals surface area contributed by atoms with Crippen molar-refractivity contribution in [1.82, 2.24) is 0 Å². The van der Waals surface area contributed by atoms with Crippen molar-refractivity contribution in [2.75, 3.05) is 0 Å². The number of fused-ring (bicyclic) bond motifs is 1. The minimum absolute atomic E-state index is 0.0470. The fourth-order valence-corrected chi connectivity index (χ4v) is 2.15. The van der Waals surface area contributed by atoms with Crippen molar-refractivity contribution in [2.45, 2.75) is 25.3 Å². The highest BCUT2D eigenvalue weighted by atomic mass is 16.4. The van der Waals surface area contributed by atoms with Gasteiger partial charge in [0, 0.05) is 18.9 Å². The summed E-state index contributed by atoms with van der Waals surface area (Å²) in [5, 5.41) is 20.5. The summed E-state index contributed by atoms with van der Waals surface area (Å²) in [5.41, 5.74) is 11.7. The summed E-state index contributed by atoms with van der Waals surface area (Å²) in [7, 11) is 0. The number of nitrogens with zero attached hydrogens (tertiary/aromatic N) is 1. The molecule has 0 fully saturated rings. The first-order valence-electron chi connectivity index (χ1n) is 6.91. The van der Waals surface area contributed by atoms with Gasteiger partial charge < -0.3 is 26.2 Å². The predicted octanol–water partition coefficient (Wildman–Crippen LogP) is 0.426. The summed E-state index contributed by atoms with van der Waals surface area (Å²) < 4.78 is 5.61. The zero-order valence-corrected chi connectivity index (χ0v) is 12.2. The molecular weight excluding hydrogens is 302 g/mol. The third-order valence-electron chi connectivity index (χ3n) is 3.37. The topological polar surface area (TPSA) is 152 Å². The zero-order chi connectivity index (χ0) is 17.0. The van der Waals surface area contributed by atoms with E-state index in [1.54, 1.807) is 18.2 Å². The van der Waals surface area contributed by atoms with E-state index in [0.717, 1.165) is 0 Å². The van der Waals surface area contributed by atoms with Gasteiger partial charge in [-0.2, -0.15) is 0 Å². The van der Waals surface area contributed by atoms with Gasteiger partial charge in [0.05, 0.1) is 5.39 Å². The lowest BCUT2D eigenvalue weighted by atomic mass is 10.0. The Bertz CT molecular complexity index is 812. The predicted molar refractivity (Wildman–Crippen MR) is 83.5 cm³/mol. The van der Waals surface area contributed by atoms with Crippen LogP contribution in [-0.2, 0) is 17.6 Å². The van der Waals surface area contributed by atoms with E-state index in [4.69, 9.17) is 26.2 Å². The van der Waals surface area contributed by atoms with Crippen LogP contribution in [0.1, 0.15) is 17.7 Å². The van der Waals surface area contributed by atoms with Crippen LogP contribution in [0.2, 0.25) is 0 Å². The molecule has 0 saturated carbocycles. The number of carbonyl (C=O) groups is 1. The summed E-state index contributed by atoms with van der Waals surface area (Å²) in [6.07, 6.45) is 0.708. The normalized spacial score (nSPS) is 13.2. The lowest BCUT2D eigenvalue weighted by Crippen LogP contribution is -2.32. The Kier molecular flexibility index (Phi) is 4.97. The van der Waals surface area contributed by atoms with Crippen molar-refractivity contribution in [2.24, 2.45) is 16.6 Å². The molecule has 0 radical (unpaired) electrons. The summed E-state index contributed by atoms with van der Waals surface area (Å²) in [4.78, 5) is 23.0. The molecule has 1 atom stereocenters. The highest BCUT2D eigenvalue weighted by molar-refractivity contribution is 5.80. The van der Waals surface area contributed by atoms with Crippen molar-refractivity contribution >= 4 is 22.8 Å². The van der Waals surface area contributed by atoms with E-state index in [2.05, 4.69) is 5.16 Å². The van der Waals surface area contributed by atoms with Gasteiger partial charge in [0.25, 0.3) is 0 Å². The van der Waals surface area contributed by atoms with Crippen molar-refractivity contribution in [1.29, 1.82) is 0 Å². The lowest BCUT2D eigenvalue weighted by molar-refractivity contribution is -0.138. The molecule has 1 unspecified atom stereocenters. The Morgan fingerprint density at radius 1 is 1.35 bits per heavy atom. The highest BCUT2D eigenvalue weighted by Gasteiger charge is 2.13. The maximum absolute atomic E-state index is 12.2. The molecule has 0 saturated heterocycles. The van der Waals surface area contributed by atoms with Gasteiger partial charge in [-0.1, -0.05) is 11.2 Å². The molecule has 6 N–H and O–H groups in total. The molecule has 0 spiro atoms. The second-order valence-electron chi connectivity index (χ2n) is 5.15. The van der Waals surface area contributed by atoms with Gasteiger partial charge in [0.2, 0.25) is 0 Å². The SMILES string of the molecule is N/C(CCc1cc(=O)c2cc(CC(N)C(=O)O)ccc2o1)=N\O. The van der Waals surface area contributed by atoms with E-state index >= 15 is 0 Å². The van der Waals surface area contributed by atoms with Crippen LogP contribution < -0.4 is 16.9 Å². The van der Waals surface area contributed by atoms with Crippen LogP contribution in [0.4, 0.5) is 0 Å². The first-order chi connectivity index (χ1) is 10.9. The number of carboxylic acids is 1. The fourth-order valence-electron chi connectivity index (χ4n) is 2.15. The number of carboxylic acid groups (broad SMARTS) is 1. The fraction of sp³-hybridized carbons (Fsp3) is 0.267. The molecule has 8 heteroatoms. The molecule has 1 aromatic heterocycles. The number of hydrogen-bond acceptors (Lipinski definition) is 6. The Balaban J connectivity index is 2.29. The third-order valence-corrected chi connectivity index (χ3v) is 3.37. The quantitative estimate of drug-likeness (QED) is 0.260. The molecule has 0 aliphatic carbocycles. The van der Waals surface area contributed by atoms with E-state index in [-0.39, 0.29) is 24.1 Å². The molecule has 0 aliphatic rings. The van der Waals surface area contributed by atoms with Crippen LogP contribution in [-0.4, -0.2) is 28.2 Å². The average molecular weight is 319 g/mol. The van der Waals surface area contributed by atoms with Crippen molar-refractivity contribution in [3.05, 3.63) is 45.8 Å². The van der Waals surface area contributed by atoms with E-state index in [1.165, 1.54) is 6.07 Å². The van der Waals surface area contributed by atoms with Crippen molar-refractivity contribution < 1.29 is 19.5 Å². The number of rotatable bonds is 6. The number of nitrogens with two attached hydrogens (primary N) is 2. The van der Waals surface area contributed by atoms with Crippen LogP contribution in [0.15, 0.2) is 38.6 Å². The lowest BCUT2D eigenvalue weighted by Gasteiger charge is -2.08. The molecule has 8 nitrogen and oxygen atoms in total. The van der Waals surface area contributed by atoms with Gasteiger partial charge >= 0.3 is 5.97 Å². The summed E-state index contributed by atoms with van der Waals surface area (Å²) in [6.45, 7) is 0. The van der Waals surface area contributed by atoms with Gasteiger partial charge in [-0.05, 0) is 24.1 Å².